The van der Waals surface area contributed by atoms with Gasteiger partial charge in [-0.1, -0.05) is 0 Å². The number of nitrogens with one attached hydrogen (secondary N) is 2. The third-order valence-corrected chi connectivity index (χ3v) is 4.81. The van der Waals surface area contributed by atoms with Gasteiger partial charge >= 0.3 is 0 Å². The smallest absolute Gasteiger partial charge is 0.224 e. The molecule has 2 saturated carbocycles. The van der Waals surface area contributed by atoms with Crippen LogP contribution in [-0.4, -0.2) is 25.0 Å². The summed E-state index contributed by atoms with van der Waals surface area (Å²) in [6.07, 6.45) is 6.49. The Bertz CT molecular complexity index is 294. The summed E-state index contributed by atoms with van der Waals surface area (Å²) in [7, 11) is 0. The molecule has 2 aliphatic carbocycles. The van der Waals surface area contributed by atoms with Crippen LogP contribution in [0.2, 0.25) is 0 Å². The summed E-state index contributed by atoms with van der Waals surface area (Å²) < 4.78 is 0. The van der Waals surface area contributed by atoms with E-state index in [9.17, 15) is 4.79 Å². The van der Waals surface area contributed by atoms with Crippen LogP contribution in [0.15, 0.2) is 0 Å². The van der Waals surface area contributed by atoms with Gasteiger partial charge in [0.2, 0.25) is 5.91 Å². The number of amides is 1. The third-order valence-electron chi connectivity index (χ3n) is 4.81. The Kier molecular flexibility index (Phi) is 2.46. The summed E-state index contributed by atoms with van der Waals surface area (Å²) in [6.45, 7) is 4.05. The highest BCUT2D eigenvalue weighted by Gasteiger charge is 2.53. The van der Waals surface area contributed by atoms with Crippen LogP contribution in [0.1, 0.15) is 39.0 Å². The highest BCUT2D eigenvalue weighted by Crippen LogP contribution is 2.60. The van der Waals surface area contributed by atoms with E-state index in [1.165, 1.54) is 25.7 Å². The molecule has 2 unspecified atom stereocenters. The lowest BCUT2D eigenvalue weighted by molar-refractivity contribution is -0.125. The molecule has 3 rings (SSSR count). The van der Waals surface area contributed by atoms with Crippen molar-refractivity contribution in [3.8, 4) is 0 Å². The van der Waals surface area contributed by atoms with Crippen LogP contribution in [0.25, 0.3) is 0 Å². The van der Waals surface area contributed by atoms with Crippen LogP contribution in [0.3, 0.4) is 0 Å². The first kappa shape index (κ1) is 10.6. The molecule has 0 bridgehead atoms. The van der Waals surface area contributed by atoms with E-state index in [0.717, 1.165) is 25.4 Å². The molecule has 2 N–H and O–H groups in total. The molecule has 1 amide bonds. The summed E-state index contributed by atoms with van der Waals surface area (Å²) >= 11 is 0. The second-order valence-electron chi connectivity index (χ2n) is 5.99. The summed E-state index contributed by atoms with van der Waals surface area (Å²) in [5.74, 6) is 1.42. The summed E-state index contributed by atoms with van der Waals surface area (Å²) in [6, 6.07) is 0.357. The first-order valence-electron chi connectivity index (χ1n) is 6.72. The van der Waals surface area contributed by atoms with Gasteiger partial charge in [-0.05, 0) is 56.9 Å². The maximum absolute atomic E-state index is 12.0. The van der Waals surface area contributed by atoms with Crippen molar-refractivity contribution in [2.24, 2.45) is 17.3 Å². The minimum absolute atomic E-state index is 0.204. The molecule has 3 nitrogen and oxygen atoms in total. The van der Waals surface area contributed by atoms with Crippen molar-refractivity contribution >= 4 is 5.91 Å². The van der Waals surface area contributed by atoms with E-state index in [-0.39, 0.29) is 11.8 Å². The van der Waals surface area contributed by atoms with Crippen molar-refractivity contribution < 1.29 is 4.79 Å². The molecule has 1 heterocycles. The number of carbonyl (C=O) groups excluding carboxylic acids is 1. The number of hydrogen-bond donors (Lipinski definition) is 2. The first-order chi connectivity index (χ1) is 7.71. The Morgan fingerprint density at radius 3 is 2.62 bits per heavy atom. The van der Waals surface area contributed by atoms with Crippen molar-refractivity contribution in [3.05, 3.63) is 0 Å². The van der Waals surface area contributed by atoms with Gasteiger partial charge in [0.05, 0.1) is 5.92 Å². The van der Waals surface area contributed by atoms with Gasteiger partial charge in [0, 0.05) is 12.6 Å². The maximum Gasteiger partial charge on any atom is 0.224 e. The fourth-order valence-electron chi connectivity index (χ4n) is 3.20. The first-order valence-corrected chi connectivity index (χ1v) is 6.72. The molecular weight excluding hydrogens is 200 g/mol. The molecule has 0 radical (unpaired) electrons. The van der Waals surface area contributed by atoms with Crippen LogP contribution in [0.4, 0.5) is 0 Å². The fourth-order valence-corrected chi connectivity index (χ4v) is 3.20. The predicted octanol–water partition coefficient (Wildman–Crippen LogP) is 1.29. The van der Waals surface area contributed by atoms with Gasteiger partial charge in [0.25, 0.3) is 0 Å². The zero-order valence-electron chi connectivity index (χ0n) is 10.1. The summed E-state index contributed by atoms with van der Waals surface area (Å²) in [5, 5.41) is 6.54. The Morgan fingerprint density at radius 1 is 1.38 bits per heavy atom. The van der Waals surface area contributed by atoms with Crippen molar-refractivity contribution in [1.29, 1.82) is 0 Å². The molecule has 90 valence electrons. The summed E-state index contributed by atoms with van der Waals surface area (Å²) in [4.78, 5) is 12.0. The average molecular weight is 222 g/mol. The fraction of sp³-hybridized carbons (Fsp3) is 0.923. The molecule has 3 fully saturated rings. The SMILES string of the molecule is CC1NCCC1C(=O)NCC1(C2CC2)CC1. The molecule has 2 atom stereocenters. The lowest BCUT2D eigenvalue weighted by atomic mass is 9.98. The van der Waals surface area contributed by atoms with Crippen LogP contribution < -0.4 is 10.6 Å². The third kappa shape index (κ3) is 1.86. The van der Waals surface area contributed by atoms with Gasteiger partial charge in [-0.25, -0.2) is 0 Å². The van der Waals surface area contributed by atoms with E-state index in [1.807, 2.05) is 0 Å². The van der Waals surface area contributed by atoms with E-state index < -0.39 is 0 Å². The quantitative estimate of drug-likeness (QED) is 0.752. The minimum atomic E-state index is 0.204. The van der Waals surface area contributed by atoms with Gasteiger partial charge in [0.1, 0.15) is 0 Å². The molecule has 0 aromatic heterocycles. The molecular formula is C13H22N2O. The molecule has 1 aliphatic heterocycles. The molecule has 0 spiro atoms. The number of carbonyl (C=O) groups is 1. The van der Waals surface area contributed by atoms with Gasteiger partial charge < -0.3 is 10.6 Å². The largest absolute Gasteiger partial charge is 0.355 e. The van der Waals surface area contributed by atoms with E-state index in [4.69, 9.17) is 0 Å². The standard InChI is InChI=1S/C13H22N2O/c1-9-11(4-7-14-9)12(16)15-8-13(5-6-13)10-2-3-10/h9-11,14H,2-8H2,1H3,(H,15,16). The topological polar surface area (TPSA) is 41.1 Å². The minimum Gasteiger partial charge on any atom is -0.355 e. The second-order valence-corrected chi connectivity index (χ2v) is 5.99. The number of rotatable bonds is 4. The molecule has 3 heteroatoms. The molecule has 3 aliphatic rings. The van der Waals surface area contributed by atoms with Gasteiger partial charge in [-0.15, -0.1) is 0 Å². The zero-order chi connectivity index (χ0) is 11.2. The average Bonchev–Trinajstić information content (AvgIpc) is 3.14. The molecule has 0 aromatic rings. The van der Waals surface area contributed by atoms with E-state index >= 15 is 0 Å². The van der Waals surface area contributed by atoms with Crippen molar-refractivity contribution in [2.45, 2.75) is 45.1 Å². The van der Waals surface area contributed by atoms with Crippen molar-refractivity contribution in [3.63, 3.8) is 0 Å². The molecule has 1 saturated heterocycles. The van der Waals surface area contributed by atoms with Gasteiger partial charge in [-0.2, -0.15) is 0 Å². The van der Waals surface area contributed by atoms with Crippen molar-refractivity contribution in [2.75, 3.05) is 13.1 Å². The Hall–Kier alpha value is -0.570. The van der Waals surface area contributed by atoms with Gasteiger partial charge in [-0.3, -0.25) is 4.79 Å². The Balaban J connectivity index is 1.49. The molecule has 0 aromatic carbocycles. The van der Waals surface area contributed by atoms with Crippen LogP contribution in [0.5, 0.6) is 0 Å². The van der Waals surface area contributed by atoms with Gasteiger partial charge in [0.15, 0.2) is 0 Å². The van der Waals surface area contributed by atoms with E-state index in [1.54, 1.807) is 0 Å². The van der Waals surface area contributed by atoms with Crippen LogP contribution >= 0.6 is 0 Å². The Labute approximate surface area is 97.4 Å². The van der Waals surface area contributed by atoms with Crippen molar-refractivity contribution in [1.82, 2.24) is 10.6 Å². The summed E-state index contributed by atoms with van der Waals surface area (Å²) in [5.41, 5.74) is 0.533. The molecule has 16 heavy (non-hydrogen) atoms. The lowest BCUT2D eigenvalue weighted by Crippen LogP contribution is -2.39. The monoisotopic (exact) mass is 222 g/mol. The Morgan fingerprint density at radius 2 is 2.12 bits per heavy atom. The van der Waals surface area contributed by atoms with Crippen LogP contribution in [-0.2, 0) is 4.79 Å². The van der Waals surface area contributed by atoms with Crippen LogP contribution in [0, 0.1) is 17.3 Å². The normalized spacial score (nSPS) is 36.1. The highest BCUT2D eigenvalue weighted by atomic mass is 16.1. The zero-order valence-corrected chi connectivity index (χ0v) is 10.1. The van der Waals surface area contributed by atoms with E-state index in [0.29, 0.717) is 11.5 Å². The number of hydrogen-bond acceptors (Lipinski definition) is 2. The lowest BCUT2D eigenvalue weighted by Gasteiger charge is -2.19. The highest BCUT2D eigenvalue weighted by molar-refractivity contribution is 5.79. The van der Waals surface area contributed by atoms with E-state index in [2.05, 4.69) is 17.6 Å². The second kappa shape index (κ2) is 3.73. The maximum atomic E-state index is 12.0. The predicted molar refractivity (Wildman–Crippen MR) is 63.0 cm³/mol.